The summed E-state index contributed by atoms with van der Waals surface area (Å²) in [5.74, 6) is 0.934. The fourth-order valence-electron chi connectivity index (χ4n) is 2.10. The van der Waals surface area contributed by atoms with Crippen molar-refractivity contribution in [2.75, 3.05) is 6.61 Å². The molecular formula is C12H18N4O. The molecule has 1 saturated carbocycles. The van der Waals surface area contributed by atoms with Gasteiger partial charge in [0, 0.05) is 19.1 Å². The number of aliphatic hydroxyl groups excluding tert-OH is 1. The summed E-state index contributed by atoms with van der Waals surface area (Å²) < 4.78 is 1.94. The molecule has 1 aromatic rings. The molecule has 1 unspecified atom stereocenters. The van der Waals surface area contributed by atoms with E-state index in [9.17, 15) is 0 Å². The number of aliphatic hydroxyl groups is 1. The summed E-state index contributed by atoms with van der Waals surface area (Å²) in [6.07, 6.45) is 3.48. The predicted molar refractivity (Wildman–Crippen MR) is 62.2 cm³/mol. The Morgan fingerprint density at radius 2 is 2.35 bits per heavy atom. The molecule has 0 aliphatic heterocycles. The number of hydrogen-bond acceptors (Lipinski definition) is 4. The molecule has 1 aromatic heterocycles. The molecule has 1 heterocycles. The Morgan fingerprint density at radius 3 is 2.94 bits per heavy atom. The van der Waals surface area contributed by atoms with E-state index in [1.165, 1.54) is 12.8 Å². The van der Waals surface area contributed by atoms with E-state index < -0.39 is 0 Å². The van der Waals surface area contributed by atoms with E-state index in [2.05, 4.69) is 23.3 Å². The molecule has 17 heavy (non-hydrogen) atoms. The van der Waals surface area contributed by atoms with Gasteiger partial charge in [0.15, 0.2) is 0 Å². The Bertz CT molecular complexity index is 417. The van der Waals surface area contributed by atoms with Crippen molar-refractivity contribution in [1.82, 2.24) is 15.0 Å². The molecule has 0 aromatic carbocycles. The second kappa shape index (κ2) is 5.28. The summed E-state index contributed by atoms with van der Waals surface area (Å²) in [7, 11) is 0. The van der Waals surface area contributed by atoms with Crippen LogP contribution in [0.5, 0.6) is 0 Å². The van der Waals surface area contributed by atoms with Crippen molar-refractivity contribution in [3.8, 4) is 6.07 Å². The molecule has 1 aliphatic rings. The monoisotopic (exact) mass is 234 g/mol. The van der Waals surface area contributed by atoms with Gasteiger partial charge in [0.1, 0.15) is 5.69 Å². The van der Waals surface area contributed by atoms with E-state index in [0.717, 1.165) is 24.4 Å². The molecular weight excluding hydrogens is 216 g/mol. The number of nitrogens with zero attached hydrogens (tertiary/aromatic N) is 4. The Kier molecular flexibility index (Phi) is 3.75. The molecule has 5 heteroatoms. The highest BCUT2D eigenvalue weighted by molar-refractivity contribution is 5.22. The van der Waals surface area contributed by atoms with Crippen molar-refractivity contribution < 1.29 is 5.11 Å². The van der Waals surface area contributed by atoms with Gasteiger partial charge in [-0.2, -0.15) is 5.26 Å². The summed E-state index contributed by atoms with van der Waals surface area (Å²) >= 11 is 0. The van der Waals surface area contributed by atoms with Crippen LogP contribution in [0.1, 0.15) is 43.5 Å². The second-order valence-corrected chi connectivity index (χ2v) is 4.83. The van der Waals surface area contributed by atoms with Gasteiger partial charge in [0.2, 0.25) is 0 Å². The molecule has 1 aliphatic carbocycles. The van der Waals surface area contributed by atoms with Crippen LogP contribution in [0.15, 0.2) is 0 Å². The topological polar surface area (TPSA) is 74.7 Å². The maximum Gasteiger partial charge on any atom is 0.100 e. The molecule has 0 saturated heterocycles. The van der Waals surface area contributed by atoms with E-state index in [-0.39, 0.29) is 6.61 Å². The minimum atomic E-state index is 0.208. The number of hydrogen-bond donors (Lipinski definition) is 1. The summed E-state index contributed by atoms with van der Waals surface area (Å²) in [4.78, 5) is 0. The zero-order valence-electron chi connectivity index (χ0n) is 10.1. The smallest absolute Gasteiger partial charge is 0.100 e. The molecule has 0 radical (unpaired) electrons. The molecule has 1 fully saturated rings. The van der Waals surface area contributed by atoms with E-state index in [1.54, 1.807) is 0 Å². The van der Waals surface area contributed by atoms with Crippen molar-refractivity contribution in [2.45, 2.75) is 45.1 Å². The van der Waals surface area contributed by atoms with E-state index in [4.69, 9.17) is 10.4 Å². The predicted octanol–water partition coefficient (Wildman–Crippen LogP) is 1.24. The van der Waals surface area contributed by atoms with E-state index in [0.29, 0.717) is 18.3 Å². The molecule has 92 valence electrons. The van der Waals surface area contributed by atoms with Crippen molar-refractivity contribution in [1.29, 1.82) is 5.26 Å². The van der Waals surface area contributed by atoms with Gasteiger partial charge < -0.3 is 5.11 Å². The van der Waals surface area contributed by atoms with Gasteiger partial charge >= 0.3 is 0 Å². The van der Waals surface area contributed by atoms with Crippen LogP contribution in [0, 0.1) is 17.2 Å². The highest BCUT2D eigenvalue weighted by atomic mass is 16.3. The summed E-state index contributed by atoms with van der Waals surface area (Å²) in [6.45, 7) is 3.09. The first-order valence-corrected chi connectivity index (χ1v) is 6.16. The summed E-state index contributed by atoms with van der Waals surface area (Å²) in [6, 6.07) is 2.14. The third-order valence-electron chi connectivity index (χ3n) is 3.16. The van der Waals surface area contributed by atoms with Crippen LogP contribution in [0.25, 0.3) is 0 Å². The minimum absolute atomic E-state index is 0.208. The Morgan fingerprint density at radius 1 is 1.59 bits per heavy atom. The van der Waals surface area contributed by atoms with E-state index in [1.807, 2.05) is 4.68 Å². The average Bonchev–Trinajstić information content (AvgIpc) is 3.05. The SMILES string of the molecule is CC(CCO)Cn1nnc(CC#N)c1C1CC1. The maximum absolute atomic E-state index is 8.91. The first-order valence-electron chi connectivity index (χ1n) is 6.16. The van der Waals surface area contributed by atoms with E-state index >= 15 is 0 Å². The molecule has 1 N–H and O–H groups in total. The molecule has 5 nitrogen and oxygen atoms in total. The van der Waals surface area contributed by atoms with Gasteiger partial charge in [-0.25, -0.2) is 4.68 Å². The van der Waals surface area contributed by atoms with Gasteiger partial charge in [-0.15, -0.1) is 5.10 Å². The third kappa shape index (κ3) is 2.83. The fourth-order valence-corrected chi connectivity index (χ4v) is 2.10. The zero-order chi connectivity index (χ0) is 12.3. The van der Waals surface area contributed by atoms with Crippen LogP contribution in [-0.4, -0.2) is 26.7 Å². The zero-order valence-corrected chi connectivity index (χ0v) is 10.1. The lowest BCUT2D eigenvalue weighted by Crippen LogP contribution is -2.13. The van der Waals surface area contributed by atoms with Gasteiger partial charge in [0.05, 0.1) is 18.2 Å². The highest BCUT2D eigenvalue weighted by Crippen LogP contribution is 2.41. The number of aromatic nitrogens is 3. The van der Waals surface area contributed by atoms with Crippen LogP contribution >= 0.6 is 0 Å². The molecule has 0 amide bonds. The quantitative estimate of drug-likeness (QED) is 0.803. The van der Waals surface area contributed by atoms with Crippen LogP contribution in [0.3, 0.4) is 0 Å². The Hall–Kier alpha value is -1.41. The number of nitriles is 1. The second-order valence-electron chi connectivity index (χ2n) is 4.83. The third-order valence-corrected chi connectivity index (χ3v) is 3.16. The molecule has 2 rings (SSSR count). The molecule has 0 bridgehead atoms. The Balaban J connectivity index is 2.13. The number of rotatable bonds is 6. The normalized spacial score (nSPS) is 16.8. The van der Waals surface area contributed by atoms with Gasteiger partial charge in [0.25, 0.3) is 0 Å². The van der Waals surface area contributed by atoms with Crippen molar-refractivity contribution in [3.63, 3.8) is 0 Å². The maximum atomic E-state index is 8.91. The molecule has 1 atom stereocenters. The first-order chi connectivity index (χ1) is 8.26. The highest BCUT2D eigenvalue weighted by Gasteiger charge is 2.31. The van der Waals surface area contributed by atoms with Crippen LogP contribution in [-0.2, 0) is 13.0 Å². The standard InChI is InChI=1S/C12H18N4O/c1-9(5-7-17)8-16-12(10-2-3-10)11(4-6-13)14-15-16/h9-10,17H,2-5,7-8H2,1H3. The fraction of sp³-hybridized carbons (Fsp3) is 0.750. The first kappa shape index (κ1) is 12.1. The lowest BCUT2D eigenvalue weighted by Gasteiger charge is -2.11. The largest absolute Gasteiger partial charge is 0.396 e. The van der Waals surface area contributed by atoms with Crippen molar-refractivity contribution in [2.24, 2.45) is 5.92 Å². The average molecular weight is 234 g/mol. The Labute approximate surface area is 101 Å². The van der Waals surface area contributed by atoms with Crippen molar-refractivity contribution in [3.05, 3.63) is 11.4 Å². The van der Waals surface area contributed by atoms with Gasteiger partial charge in [-0.1, -0.05) is 12.1 Å². The lowest BCUT2D eigenvalue weighted by atomic mass is 10.1. The summed E-state index contributed by atoms with van der Waals surface area (Å²) in [5.41, 5.74) is 1.99. The van der Waals surface area contributed by atoms with Crippen LogP contribution < -0.4 is 0 Å². The summed E-state index contributed by atoms with van der Waals surface area (Å²) in [5, 5.41) is 25.9. The van der Waals surface area contributed by atoms with Crippen LogP contribution in [0.2, 0.25) is 0 Å². The van der Waals surface area contributed by atoms with Crippen molar-refractivity contribution >= 4 is 0 Å². The van der Waals surface area contributed by atoms with Gasteiger partial charge in [-0.05, 0) is 25.2 Å². The molecule has 0 spiro atoms. The van der Waals surface area contributed by atoms with Crippen LogP contribution in [0.4, 0.5) is 0 Å². The lowest BCUT2D eigenvalue weighted by molar-refractivity contribution is 0.250. The van der Waals surface area contributed by atoms with Gasteiger partial charge in [-0.3, -0.25) is 0 Å². The minimum Gasteiger partial charge on any atom is -0.396 e.